The van der Waals surface area contributed by atoms with Crippen molar-refractivity contribution in [1.29, 1.82) is 0 Å². The molecule has 2 unspecified atom stereocenters. The van der Waals surface area contributed by atoms with Gasteiger partial charge in [-0.15, -0.1) is 0 Å². The van der Waals surface area contributed by atoms with E-state index < -0.39 is 0 Å². The summed E-state index contributed by atoms with van der Waals surface area (Å²) in [4.78, 5) is 25.3. The Morgan fingerprint density at radius 1 is 0.229 bits per heavy atom. The Hall–Kier alpha value is -1.34. The number of piperazine rings is 1. The molecule has 2 atom stereocenters. The summed E-state index contributed by atoms with van der Waals surface area (Å²) in [7, 11) is 0. The minimum absolute atomic E-state index is 0.674. The normalized spacial score (nSPS) is 20.5. The van der Waals surface area contributed by atoms with Crippen LogP contribution in [0.5, 0.6) is 0 Å². The molecular weight excluding hydrogens is 1450 g/mol. The fourth-order valence-electron chi connectivity index (χ4n) is 15.2. The topological polar surface area (TPSA) is 74.9 Å². The minimum atomic E-state index is 0.674. The van der Waals surface area contributed by atoms with Crippen LogP contribution in [0.15, 0.2) is 24.3 Å². The molecule has 12 rings (SSSR count). The average molecular weight is 1680 g/mol. The lowest BCUT2D eigenvalue weighted by Gasteiger charge is -2.42. The van der Waals surface area contributed by atoms with Crippen molar-refractivity contribution in [3.63, 3.8) is 0 Å². The molecule has 1 aromatic rings. The van der Waals surface area contributed by atoms with E-state index in [1.807, 2.05) is 138 Å². The number of rotatable bonds is 10. The van der Waals surface area contributed by atoms with Gasteiger partial charge >= 0.3 is 0 Å². The highest BCUT2D eigenvalue weighted by Crippen LogP contribution is 2.36. The van der Waals surface area contributed by atoms with Gasteiger partial charge in [0.05, 0.1) is 19.8 Å². The summed E-state index contributed by atoms with van der Waals surface area (Å²) < 4.78 is 10.5. The number of nitrogens with one attached hydrogen (secondary N) is 2. The number of hydrogen-bond acceptors (Lipinski definition) is 14. The third-order valence-electron chi connectivity index (χ3n) is 22.7. The first-order valence-electron chi connectivity index (χ1n) is 52.0. The predicted molar refractivity (Wildman–Crippen MR) is 542 cm³/mol. The summed E-state index contributed by atoms with van der Waals surface area (Å²) in [5.41, 5.74) is 3.06. The highest BCUT2D eigenvalue weighted by Gasteiger charge is 2.32. The average Bonchev–Trinajstić information content (AvgIpc) is 1.15. The van der Waals surface area contributed by atoms with E-state index in [0.29, 0.717) is 18.1 Å². The molecular formula is C104H230N12O2. The lowest BCUT2D eigenvalue weighted by atomic mass is 9.75. The van der Waals surface area contributed by atoms with E-state index >= 15 is 0 Å². The molecule has 0 spiro atoms. The van der Waals surface area contributed by atoms with Crippen molar-refractivity contribution >= 4 is 0 Å². The molecule has 1 aromatic carbocycles. The van der Waals surface area contributed by atoms with Gasteiger partial charge in [-0.05, 0) is 310 Å². The van der Waals surface area contributed by atoms with Crippen molar-refractivity contribution in [1.82, 2.24) is 59.6 Å². The molecule has 118 heavy (non-hydrogen) atoms. The third-order valence-corrected chi connectivity index (χ3v) is 22.7. The van der Waals surface area contributed by atoms with E-state index in [0.717, 1.165) is 126 Å². The Morgan fingerprint density at radius 2 is 0.500 bits per heavy atom. The zero-order valence-electron chi connectivity index (χ0n) is 89.1. The molecule has 0 radical (unpaired) electrons. The monoisotopic (exact) mass is 1680 g/mol. The largest absolute Gasteiger partial charge is 0.380 e. The Balaban J connectivity index is -0.000000186. The summed E-state index contributed by atoms with van der Waals surface area (Å²) in [5.74, 6) is 2.13. The van der Waals surface area contributed by atoms with Crippen molar-refractivity contribution < 1.29 is 9.47 Å². The smallest absolute Gasteiger partial charge is 0.0594 e. The van der Waals surface area contributed by atoms with Gasteiger partial charge in [0.25, 0.3) is 0 Å². The molecule has 10 fully saturated rings. The van der Waals surface area contributed by atoms with Gasteiger partial charge in [0.2, 0.25) is 0 Å². The molecule has 1 saturated carbocycles. The summed E-state index contributed by atoms with van der Waals surface area (Å²) >= 11 is 0. The molecule has 1 aliphatic carbocycles. The van der Waals surface area contributed by atoms with Crippen LogP contribution >= 0.6 is 0 Å². The molecule has 14 nitrogen and oxygen atoms in total. The van der Waals surface area contributed by atoms with Crippen molar-refractivity contribution in [2.75, 3.05) is 177 Å². The molecule has 0 aromatic heterocycles. The first-order chi connectivity index (χ1) is 57.0. The van der Waals surface area contributed by atoms with E-state index in [4.69, 9.17) is 9.47 Å². The lowest BCUT2D eigenvalue weighted by molar-refractivity contribution is 0.0238. The fourth-order valence-corrected chi connectivity index (χ4v) is 15.2. The molecule has 0 bridgehead atoms. The summed E-state index contributed by atoms with van der Waals surface area (Å²) in [6.45, 7) is 119. The van der Waals surface area contributed by atoms with Crippen LogP contribution in [0.2, 0.25) is 0 Å². The van der Waals surface area contributed by atoms with Crippen molar-refractivity contribution in [3.05, 3.63) is 35.4 Å². The van der Waals surface area contributed by atoms with Gasteiger partial charge in [-0.2, -0.15) is 0 Å². The zero-order chi connectivity index (χ0) is 92.0. The maximum Gasteiger partial charge on any atom is 0.0594 e. The van der Waals surface area contributed by atoms with E-state index in [2.05, 4.69) is 222 Å². The van der Waals surface area contributed by atoms with Gasteiger partial charge in [0.15, 0.2) is 0 Å². The highest BCUT2D eigenvalue weighted by molar-refractivity contribution is 5.29. The maximum absolute atomic E-state index is 5.33. The van der Waals surface area contributed by atoms with Gasteiger partial charge in [-0.25, -0.2) is 0 Å². The fraction of sp³-hybridized carbons (Fsp3) is 0.942. The van der Waals surface area contributed by atoms with Crippen molar-refractivity contribution in [2.45, 2.75) is 459 Å². The van der Waals surface area contributed by atoms with Crippen LogP contribution in [0.3, 0.4) is 0 Å². The van der Waals surface area contributed by atoms with Crippen LogP contribution in [0.25, 0.3) is 0 Å². The molecule has 0 amide bonds. The number of nitrogens with zero attached hydrogens (tertiary/aromatic N) is 10. The molecule has 718 valence electrons. The minimum Gasteiger partial charge on any atom is -0.380 e. The Labute approximate surface area is 748 Å². The van der Waals surface area contributed by atoms with Crippen LogP contribution in [-0.4, -0.2) is 286 Å². The van der Waals surface area contributed by atoms with Gasteiger partial charge in [-0.1, -0.05) is 201 Å². The van der Waals surface area contributed by atoms with Crippen molar-refractivity contribution in [3.8, 4) is 0 Å². The summed E-state index contributed by atoms with van der Waals surface area (Å²) in [6.07, 6.45) is 25.5. The zero-order valence-corrected chi connectivity index (χ0v) is 89.1. The van der Waals surface area contributed by atoms with Gasteiger partial charge < -0.3 is 44.6 Å². The van der Waals surface area contributed by atoms with E-state index in [9.17, 15) is 0 Å². The second-order valence-electron chi connectivity index (χ2n) is 33.3. The summed E-state index contributed by atoms with van der Waals surface area (Å²) in [5, 5.41) is 6.72. The molecule has 11 aliphatic rings. The second kappa shape index (κ2) is 97.8. The lowest BCUT2D eigenvalue weighted by Crippen LogP contribution is -2.46. The number of likely N-dealkylation sites (tertiary alicyclic amines) is 5. The number of ether oxygens (including phenoxy) is 2. The second-order valence-corrected chi connectivity index (χ2v) is 33.3. The number of benzene rings is 1. The van der Waals surface area contributed by atoms with Crippen LogP contribution in [0, 0.1) is 11.8 Å². The molecule has 2 N–H and O–H groups in total. The third kappa shape index (κ3) is 72.8. The number of piperidine rings is 2. The van der Waals surface area contributed by atoms with E-state index in [1.54, 1.807) is 5.56 Å². The quantitative estimate of drug-likeness (QED) is 0.234. The first kappa shape index (κ1) is 132. The van der Waals surface area contributed by atoms with Crippen LogP contribution in [0.4, 0.5) is 0 Å². The molecule has 14 heteroatoms. The van der Waals surface area contributed by atoms with Gasteiger partial charge in [0.1, 0.15) is 0 Å². The van der Waals surface area contributed by atoms with Crippen LogP contribution < -0.4 is 10.6 Å². The molecule has 9 saturated heterocycles. The first-order valence-corrected chi connectivity index (χ1v) is 52.0. The number of fused-ring (bicyclic) bond motifs is 2. The molecule has 10 heterocycles. The van der Waals surface area contributed by atoms with E-state index in [-0.39, 0.29) is 0 Å². The van der Waals surface area contributed by atoms with Crippen LogP contribution in [-0.2, 0) is 22.4 Å². The number of morpholine rings is 1. The standard InChI is InChI=1S/C12H23N.C12H17N.C9H19N.C8H18N2.C8H17NO.C8H17N.C7H16N2.C7H15NO.C7H15N.C6H13N.10C2H6/c2*1-10(2)13-8-7-11-5-3-4-6-12(11)9-13;1-9(2)10-7-5-3-4-6-8-10;1-8(2)10-6-3-4-9-5-7-10;1-8(2)9-4-3-6-10-7-5-9;1-8(2)9-6-4-3-5-7-9;1-7(2)9-5-3-8-4-6-9;1-7(2)8-3-5-9-6-4-8;1-7(2)8-5-3-4-6-8;1-6(2)7-4-3-5-7;10*1-2/h10-12H,3-9H2,1-2H3;3-6,10H,7-9H2,1-2H3;9H,3-8H2,1-2H3;8-9H,3-7H2,1-2H3;8H,3-7H2,1-2H3;8H,3-7H2,1-2H3;7-8H,3-6H2,1-2H3;7H,3-6H2,1-2H3;7H,3-6H2,1-2H3;6H,3-5H2,1-2H3;10*1-2H3. The SMILES string of the molecule is CC.CC.CC.CC.CC.CC.CC.CC.CC.CC.CC(C)N1CCC1.CC(C)N1CCC2CCCCC2C1.CC(C)N1CCCC1.CC(C)N1CCCCC1.CC(C)N1CCCCCC1.CC(C)N1CCCNCC1.CC(C)N1CCCOCC1.CC(C)N1CCNCC1.CC(C)N1CCOCC1.CC(C)N1CCc2ccccc2C1. The van der Waals surface area contributed by atoms with Gasteiger partial charge in [-0.3, -0.25) is 24.5 Å². The van der Waals surface area contributed by atoms with Crippen molar-refractivity contribution in [2.24, 2.45) is 11.8 Å². The van der Waals surface area contributed by atoms with Gasteiger partial charge in [0, 0.05) is 152 Å². The molecule has 10 aliphatic heterocycles. The summed E-state index contributed by atoms with van der Waals surface area (Å²) in [6, 6.07) is 16.2. The Kier molecular flexibility index (Phi) is 110. The van der Waals surface area contributed by atoms with E-state index in [1.165, 1.54) is 232 Å². The Morgan fingerprint density at radius 3 is 0.856 bits per heavy atom. The van der Waals surface area contributed by atoms with Crippen LogP contribution in [0.1, 0.15) is 397 Å². The maximum atomic E-state index is 5.33. The highest BCUT2D eigenvalue weighted by atomic mass is 16.5. The number of hydrogen-bond donors (Lipinski definition) is 2. The predicted octanol–water partition coefficient (Wildman–Crippen LogP) is 25.2. The Bertz CT molecular complexity index is 1830.